The lowest BCUT2D eigenvalue weighted by atomic mass is 10.2. The second-order valence-electron chi connectivity index (χ2n) is 5.07. The van der Waals surface area contributed by atoms with E-state index in [1.54, 1.807) is 0 Å². The molecule has 0 saturated heterocycles. The first-order valence-electron chi connectivity index (χ1n) is 7.04. The van der Waals surface area contributed by atoms with E-state index in [1.807, 2.05) is 0 Å². The molecule has 0 heterocycles. The minimum atomic E-state index is 0.835. The Bertz CT molecular complexity index is 373. The van der Waals surface area contributed by atoms with Crippen molar-refractivity contribution in [1.29, 1.82) is 0 Å². The molecular weight excluding hydrogens is 254 g/mol. The molecule has 0 aliphatic carbocycles. The van der Waals surface area contributed by atoms with E-state index in [2.05, 4.69) is 55.9 Å². The topological polar surface area (TPSA) is 28.5 Å². The van der Waals surface area contributed by atoms with E-state index >= 15 is 0 Å². The molecule has 3 nitrogen and oxygen atoms in total. The summed E-state index contributed by atoms with van der Waals surface area (Å²) in [6.45, 7) is 5.21. The molecule has 0 unspecified atom stereocenters. The summed E-state index contributed by atoms with van der Waals surface area (Å²) in [5.41, 5.74) is 2.25. The van der Waals surface area contributed by atoms with Crippen molar-refractivity contribution in [1.82, 2.24) is 5.32 Å². The summed E-state index contributed by atoms with van der Waals surface area (Å²) in [4.78, 5) is 2.26. The average Bonchev–Trinajstić information content (AvgIpc) is 2.39. The third-order valence-electron chi connectivity index (χ3n) is 2.92. The Morgan fingerprint density at radius 2 is 1.84 bits per heavy atom. The van der Waals surface area contributed by atoms with Gasteiger partial charge >= 0.3 is 0 Å². The van der Waals surface area contributed by atoms with Gasteiger partial charge in [0.15, 0.2) is 0 Å². The molecule has 0 aliphatic heterocycles. The van der Waals surface area contributed by atoms with E-state index in [4.69, 9.17) is 12.2 Å². The normalized spacial score (nSPS) is 10.5. The first kappa shape index (κ1) is 15.9. The summed E-state index contributed by atoms with van der Waals surface area (Å²) in [6.07, 6.45) is 2.42. The quantitative estimate of drug-likeness (QED) is 0.495. The Hall–Kier alpha value is -1.13. The number of nitrogens with one attached hydrogen (secondary N) is 3. The molecule has 0 spiro atoms. The van der Waals surface area contributed by atoms with Gasteiger partial charge in [0.25, 0.3) is 0 Å². The summed E-state index contributed by atoms with van der Waals surface area (Å²) >= 11 is 5.38. The SMILES string of the molecule is CCCCNc1ccc(C(=S)NCC[NH+](C)C)cc1. The van der Waals surface area contributed by atoms with E-state index in [0.29, 0.717) is 0 Å². The number of thiocarbonyl (C=S) groups is 1. The zero-order valence-corrected chi connectivity index (χ0v) is 13.1. The molecule has 1 rings (SSSR count). The molecule has 0 aromatic heterocycles. The highest BCUT2D eigenvalue weighted by Crippen LogP contribution is 2.10. The van der Waals surface area contributed by atoms with Gasteiger partial charge in [-0.2, -0.15) is 0 Å². The monoisotopic (exact) mass is 280 g/mol. The molecule has 1 aromatic carbocycles. The summed E-state index contributed by atoms with van der Waals surface area (Å²) < 4.78 is 0. The van der Waals surface area contributed by atoms with Crippen molar-refractivity contribution in [2.75, 3.05) is 39.0 Å². The van der Waals surface area contributed by atoms with E-state index in [9.17, 15) is 0 Å². The van der Waals surface area contributed by atoms with E-state index in [-0.39, 0.29) is 0 Å². The van der Waals surface area contributed by atoms with Crippen LogP contribution in [0.15, 0.2) is 24.3 Å². The molecule has 1 aromatic rings. The van der Waals surface area contributed by atoms with Crippen LogP contribution in [0.4, 0.5) is 5.69 Å². The van der Waals surface area contributed by atoms with Gasteiger partial charge in [-0.15, -0.1) is 0 Å². The van der Waals surface area contributed by atoms with Crippen LogP contribution in [0.2, 0.25) is 0 Å². The number of rotatable bonds is 8. The van der Waals surface area contributed by atoms with Crippen LogP contribution in [0.25, 0.3) is 0 Å². The summed E-state index contributed by atoms with van der Waals surface area (Å²) in [6, 6.07) is 8.34. The zero-order valence-electron chi connectivity index (χ0n) is 12.3. The van der Waals surface area contributed by atoms with Crippen LogP contribution < -0.4 is 15.5 Å². The number of hydrogen-bond acceptors (Lipinski definition) is 2. The molecule has 0 aliphatic rings. The van der Waals surface area contributed by atoms with Gasteiger partial charge < -0.3 is 15.5 Å². The van der Waals surface area contributed by atoms with Crippen molar-refractivity contribution >= 4 is 22.9 Å². The van der Waals surface area contributed by atoms with Gasteiger partial charge in [0.1, 0.15) is 4.99 Å². The molecule has 4 heteroatoms. The highest BCUT2D eigenvalue weighted by molar-refractivity contribution is 7.80. The van der Waals surface area contributed by atoms with Gasteiger partial charge in [-0.1, -0.05) is 25.6 Å². The van der Waals surface area contributed by atoms with E-state index in [1.165, 1.54) is 17.7 Å². The third-order valence-corrected chi connectivity index (χ3v) is 3.30. The van der Waals surface area contributed by atoms with Crippen molar-refractivity contribution in [2.45, 2.75) is 19.8 Å². The summed E-state index contributed by atoms with van der Waals surface area (Å²) in [5, 5.41) is 6.70. The molecule has 3 N–H and O–H groups in total. The van der Waals surface area contributed by atoms with Gasteiger partial charge in [-0.05, 0) is 30.7 Å². The first-order valence-corrected chi connectivity index (χ1v) is 7.45. The first-order chi connectivity index (χ1) is 9.13. The van der Waals surface area contributed by atoms with Crippen LogP contribution in [-0.4, -0.2) is 38.7 Å². The van der Waals surface area contributed by atoms with Gasteiger partial charge in [-0.3, -0.25) is 0 Å². The van der Waals surface area contributed by atoms with Gasteiger partial charge in [-0.25, -0.2) is 0 Å². The van der Waals surface area contributed by atoms with Crippen molar-refractivity contribution in [3.63, 3.8) is 0 Å². The van der Waals surface area contributed by atoms with Crippen LogP contribution in [0.5, 0.6) is 0 Å². The highest BCUT2D eigenvalue weighted by atomic mass is 32.1. The number of quaternary nitrogens is 1. The average molecular weight is 280 g/mol. The van der Waals surface area contributed by atoms with Crippen LogP contribution in [-0.2, 0) is 0 Å². The molecule has 0 amide bonds. The molecular formula is C15H26N3S+. The predicted molar refractivity (Wildman–Crippen MR) is 87.2 cm³/mol. The second-order valence-corrected chi connectivity index (χ2v) is 5.48. The van der Waals surface area contributed by atoms with Gasteiger partial charge in [0.2, 0.25) is 0 Å². The Kier molecular flexibility index (Phi) is 7.45. The molecule has 19 heavy (non-hydrogen) atoms. The lowest BCUT2D eigenvalue weighted by Crippen LogP contribution is -3.06. The minimum absolute atomic E-state index is 0.835. The number of unbranched alkanes of at least 4 members (excludes halogenated alkanes) is 1. The Balaban J connectivity index is 2.39. The number of benzene rings is 1. The number of hydrogen-bond donors (Lipinski definition) is 3. The molecule has 0 atom stereocenters. The Labute approximate surface area is 122 Å². The fraction of sp³-hybridized carbons (Fsp3) is 0.533. The predicted octanol–water partition coefficient (Wildman–Crippen LogP) is 1.31. The van der Waals surface area contributed by atoms with Crippen molar-refractivity contribution < 1.29 is 4.90 Å². The van der Waals surface area contributed by atoms with Crippen LogP contribution >= 0.6 is 12.2 Å². The fourth-order valence-corrected chi connectivity index (χ4v) is 1.92. The number of likely N-dealkylation sites (N-methyl/N-ethyl adjacent to an activating group) is 1. The molecule has 106 valence electrons. The van der Waals surface area contributed by atoms with Crippen LogP contribution in [0.3, 0.4) is 0 Å². The second kappa shape index (κ2) is 8.88. The summed E-state index contributed by atoms with van der Waals surface area (Å²) in [5.74, 6) is 0. The minimum Gasteiger partial charge on any atom is -0.385 e. The lowest BCUT2D eigenvalue weighted by Gasteiger charge is -2.11. The van der Waals surface area contributed by atoms with Gasteiger partial charge in [0, 0.05) is 17.8 Å². The number of anilines is 1. The summed E-state index contributed by atoms with van der Waals surface area (Å²) in [7, 11) is 4.28. The molecule has 0 saturated carbocycles. The fourth-order valence-electron chi connectivity index (χ4n) is 1.68. The third kappa shape index (κ3) is 6.55. The molecule has 0 bridgehead atoms. The highest BCUT2D eigenvalue weighted by Gasteiger charge is 2.01. The lowest BCUT2D eigenvalue weighted by molar-refractivity contribution is -0.856. The molecule has 0 radical (unpaired) electrons. The Morgan fingerprint density at radius 1 is 1.16 bits per heavy atom. The van der Waals surface area contributed by atoms with Crippen LogP contribution in [0, 0.1) is 0 Å². The van der Waals surface area contributed by atoms with Crippen molar-refractivity contribution in [3.8, 4) is 0 Å². The maximum atomic E-state index is 5.38. The maximum Gasteiger partial charge on any atom is 0.106 e. The van der Waals surface area contributed by atoms with Gasteiger partial charge in [0.05, 0.1) is 27.2 Å². The van der Waals surface area contributed by atoms with Crippen LogP contribution in [0.1, 0.15) is 25.3 Å². The largest absolute Gasteiger partial charge is 0.385 e. The van der Waals surface area contributed by atoms with Crippen molar-refractivity contribution in [2.24, 2.45) is 0 Å². The smallest absolute Gasteiger partial charge is 0.106 e. The standard InChI is InChI=1S/C15H25N3S/c1-4-5-10-16-14-8-6-13(7-9-14)15(19)17-11-12-18(2)3/h6-9,16H,4-5,10-12H2,1-3H3,(H,17,19)/p+1. The zero-order chi connectivity index (χ0) is 14.1. The van der Waals surface area contributed by atoms with E-state index < -0.39 is 0 Å². The van der Waals surface area contributed by atoms with E-state index in [0.717, 1.165) is 35.9 Å². The molecule has 0 fully saturated rings. The maximum absolute atomic E-state index is 5.38. The Morgan fingerprint density at radius 3 is 2.42 bits per heavy atom. The van der Waals surface area contributed by atoms with Crippen molar-refractivity contribution in [3.05, 3.63) is 29.8 Å².